The Morgan fingerprint density at radius 2 is 2.26 bits per heavy atom. The van der Waals surface area contributed by atoms with Crippen LogP contribution in [0.4, 0.5) is 10.3 Å². The number of benzene rings is 1. The van der Waals surface area contributed by atoms with Gasteiger partial charge in [0, 0.05) is 25.2 Å². The van der Waals surface area contributed by atoms with Crippen molar-refractivity contribution in [3.05, 3.63) is 30.0 Å². The van der Waals surface area contributed by atoms with Crippen molar-refractivity contribution in [3.63, 3.8) is 0 Å². The summed E-state index contributed by atoms with van der Waals surface area (Å²) in [5.74, 6) is -0.628. The summed E-state index contributed by atoms with van der Waals surface area (Å²) in [6.07, 6.45) is 1.97. The Labute approximate surface area is 109 Å². The number of carboxylic acids is 1. The zero-order valence-corrected chi connectivity index (χ0v) is 10.5. The van der Waals surface area contributed by atoms with Gasteiger partial charge in [-0.15, -0.1) is 0 Å². The van der Waals surface area contributed by atoms with Crippen LogP contribution >= 0.6 is 0 Å². The molecule has 0 aliphatic carbocycles. The molecule has 6 heteroatoms. The monoisotopic (exact) mass is 263 g/mol. The fourth-order valence-electron chi connectivity index (χ4n) is 1.80. The molecule has 1 N–H and O–H groups in total. The Morgan fingerprint density at radius 3 is 2.95 bits per heavy atom. The molecular formula is C13H14FN3O2. The third kappa shape index (κ3) is 2.78. The van der Waals surface area contributed by atoms with Gasteiger partial charge >= 0.3 is 5.97 Å². The third-order valence-electron chi connectivity index (χ3n) is 2.80. The van der Waals surface area contributed by atoms with E-state index in [0.29, 0.717) is 29.8 Å². The van der Waals surface area contributed by atoms with E-state index in [-0.39, 0.29) is 5.56 Å². The molecule has 0 unspecified atom stereocenters. The molecule has 5 nitrogen and oxygen atoms in total. The van der Waals surface area contributed by atoms with Crippen LogP contribution in [0.1, 0.15) is 16.8 Å². The molecule has 1 heterocycles. The molecule has 0 aliphatic heterocycles. The fraction of sp³-hybridized carbons (Fsp3) is 0.308. The van der Waals surface area contributed by atoms with Crippen LogP contribution in [-0.2, 0) is 0 Å². The second kappa shape index (κ2) is 5.60. The van der Waals surface area contributed by atoms with Gasteiger partial charge in [-0.25, -0.2) is 14.8 Å². The first-order valence-corrected chi connectivity index (χ1v) is 5.89. The molecular weight excluding hydrogens is 249 g/mol. The first-order chi connectivity index (χ1) is 9.13. The van der Waals surface area contributed by atoms with Crippen LogP contribution < -0.4 is 4.90 Å². The van der Waals surface area contributed by atoms with Gasteiger partial charge in [0.05, 0.1) is 17.8 Å². The highest BCUT2D eigenvalue weighted by Crippen LogP contribution is 2.18. The second-order valence-corrected chi connectivity index (χ2v) is 4.18. The van der Waals surface area contributed by atoms with Crippen LogP contribution in [0.25, 0.3) is 10.9 Å². The van der Waals surface area contributed by atoms with E-state index in [0.717, 1.165) is 0 Å². The van der Waals surface area contributed by atoms with Crippen molar-refractivity contribution in [1.29, 1.82) is 0 Å². The molecule has 1 aromatic carbocycles. The molecule has 0 saturated heterocycles. The summed E-state index contributed by atoms with van der Waals surface area (Å²) >= 11 is 0. The number of hydrogen-bond donors (Lipinski definition) is 1. The molecule has 2 rings (SSSR count). The minimum atomic E-state index is -1.03. The smallest absolute Gasteiger partial charge is 0.337 e. The number of aromatic nitrogens is 2. The van der Waals surface area contributed by atoms with Gasteiger partial charge < -0.3 is 10.0 Å². The Balaban J connectivity index is 2.43. The van der Waals surface area contributed by atoms with Gasteiger partial charge in [-0.1, -0.05) is 12.1 Å². The number of para-hydroxylation sites is 1. The average molecular weight is 263 g/mol. The molecule has 1 aromatic heterocycles. The molecule has 0 spiro atoms. The molecule has 2 aromatic rings. The predicted octanol–water partition coefficient (Wildman–Crippen LogP) is 2.12. The largest absolute Gasteiger partial charge is 0.478 e. The van der Waals surface area contributed by atoms with Gasteiger partial charge in [-0.05, 0) is 12.5 Å². The van der Waals surface area contributed by atoms with Crippen molar-refractivity contribution < 1.29 is 14.3 Å². The van der Waals surface area contributed by atoms with E-state index in [9.17, 15) is 9.18 Å². The highest BCUT2D eigenvalue weighted by molar-refractivity contribution is 6.01. The van der Waals surface area contributed by atoms with Crippen LogP contribution in [-0.4, -0.2) is 41.3 Å². The highest BCUT2D eigenvalue weighted by atomic mass is 19.1. The van der Waals surface area contributed by atoms with Gasteiger partial charge in [0.25, 0.3) is 0 Å². The van der Waals surface area contributed by atoms with Gasteiger partial charge in [-0.2, -0.15) is 0 Å². The van der Waals surface area contributed by atoms with Crippen molar-refractivity contribution in [2.75, 3.05) is 25.2 Å². The standard InChI is InChI=1S/C13H14FN3O2/c1-17(7-3-6-14)13-15-8-9-4-2-5-10(12(18)19)11(9)16-13/h2,4-5,8H,3,6-7H2,1H3,(H,18,19). The normalized spacial score (nSPS) is 10.6. The number of aromatic carboxylic acids is 1. The maximum Gasteiger partial charge on any atom is 0.337 e. The highest BCUT2D eigenvalue weighted by Gasteiger charge is 2.12. The summed E-state index contributed by atoms with van der Waals surface area (Å²) in [7, 11) is 1.75. The van der Waals surface area contributed by atoms with E-state index in [1.54, 1.807) is 30.3 Å². The molecule has 0 bridgehead atoms. The lowest BCUT2D eigenvalue weighted by atomic mass is 10.1. The van der Waals surface area contributed by atoms with Crippen molar-refractivity contribution in [2.45, 2.75) is 6.42 Å². The zero-order valence-electron chi connectivity index (χ0n) is 10.5. The van der Waals surface area contributed by atoms with E-state index in [1.165, 1.54) is 6.07 Å². The first kappa shape index (κ1) is 13.2. The van der Waals surface area contributed by atoms with Crippen molar-refractivity contribution in [1.82, 2.24) is 9.97 Å². The Bertz CT molecular complexity index is 603. The Morgan fingerprint density at radius 1 is 1.47 bits per heavy atom. The molecule has 100 valence electrons. The number of nitrogens with zero attached hydrogens (tertiary/aromatic N) is 3. The molecule has 0 aliphatic rings. The zero-order chi connectivity index (χ0) is 13.8. The van der Waals surface area contributed by atoms with Gasteiger partial charge in [-0.3, -0.25) is 4.39 Å². The molecule has 0 radical (unpaired) electrons. The quantitative estimate of drug-likeness (QED) is 0.895. The molecule has 0 atom stereocenters. The number of rotatable bonds is 5. The van der Waals surface area contributed by atoms with Crippen LogP contribution in [0.2, 0.25) is 0 Å². The molecule has 0 fully saturated rings. The van der Waals surface area contributed by atoms with Crippen LogP contribution in [0.3, 0.4) is 0 Å². The number of alkyl halides is 1. The van der Waals surface area contributed by atoms with Crippen molar-refractivity contribution in [3.8, 4) is 0 Å². The molecule has 0 saturated carbocycles. The lowest BCUT2D eigenvalue weighted by Gasteiger charge is -2.16. The topological polar surface area (TPSA) is 66.3 Å². The lowest BCUT2D eigenvalue weighted by molar-refractivity contribution is 0.0699. The number of fused-ring (bicyclic) bond motifs is 1. The minimum absolute atomic E-state index is 0.139. The summed E-state index contributed by atoms with van der Waals surface area (Å²) in [6.45, 7) is 0.0789. The van der Waals surface area contributed by atoms with Gasteiger partial charge in [0.2, 0.25) is 5.95 Å². The van der Waals surface area contributed by atoms with Gasteiger partial charge in [0.15, 0.2) is 0 Å². The second-order valence-electron chi connectivity index (χ2n) is 4.18. The first-order valence-electron chi connectivity index (χ1n) is 5.89. The summed E-state index contributed by atoms with van der Waals surface area (Å²) in [5, 5.41) is 9.80. The molecule has 0 amide bonds. The summed E-state index contributed by atoms with van der Waals surface area (Å²) in [4.78, 5) is 21.3. The number of carboxylic acid groups (broad SMARTS) is 1. The number of carbonyl (C=O) groups is 1. The van der Waals surface area contributed by atoms with Crippen LogP contribution in [0, 0.1) is 0 Å². The van der Waals surface area contributed by atoms with Gasteiger partial charge in [0.1, 0.15) is 0 Å². The Hall–Kier alpha value is -2.24. The predicted molar refractivity (Wildman–Crippen MR) is 70.4 cm³/mol. The maximum atomic E-state index is 12.1. The summed E-state index contributed by atoms with van der Waals surface area (Å²) in [5.41, 5.74) is 0.534. The third-order valence-corrected chi connectivity index (χ3v) is 2.80. The van der Waals surface area contributed by atoms with E-state index >= 15 is 0 Å². The van der Waals surface area contributed by atoms with E-state index < -0.39 is 12.6 Å². The van der Waals surface area contributed by atoms with Crippen molar-refractivity contribution in [2.24, 2.45) is 0 Å². The fourth-order valence-corrected chi connectivity index (χ4v) is 1.80. The lowest BCUT2D eigenvalue weighted by Crippen LogP contribution is -2.21. The SMILES string of the molecule is CN(CCCF)c1ncc2cccc(C(=O)O)c2n1. The van der Waals surface area contributed by atoms with E-state index in [4.69, 9.17) is 5.11 Å². The van der Waals surface area contributed by atoms with Crippen LogP contribution in [0.5, 0.6) is 0 Å². The summed E-state index contributed by atoms with van der Waals surface area (Å²) in [6, 6.07) is 4.91. The van der Waals surface area contributed by atoms with Crippen LogP contribution in [0.15, 0.2) is 24.4 Å². The minimum Gasteiger partial charge on any atom is -0.478 e. The number of halogens is 1. The number of anilines is 1. The maximum absolute atomic E-state index is 12.1. The van der Waals surface area contributed by atoms with E-state index in [1.807, 2.05) is 0 Å². The number of hydrogen-bond acceptors (Lipinski definition) is 4. The molecule has 19 heavy (non-hydrogen) atoms. The Kier molecular flexibility index (Phi) is 3.89. The average Bonchev–Trinajstić information content (AvgIpc) is 2.43. The van der Waals surface area contributed by atoms with E-state index in [2.05, 4.69) is 9.97 Å². The summed E-state index contributed by atoms with van der Waals surface area (Å²) < 4.78 is 12.1. The van der Waals surface area contributed by atoms with Crippen molar-refractivity contribution >= 4 is 22.8 Å².